The number of nitrogens with one attached hydrogen (secondary N) is 1. The van der Waals surface area contributed by atoms with Gasteiger partial charge in [-0.25, -0.2) is 0 Å². The molecule has 3 N–H and O–H groups in total. The number of carbonyl (C=O) groups is 1. The molecule has 108 valence electrons. The molecule has 0 bridgehead atoms. The van der Waals surface area contributed by atoms with E-state index in [1.807, 2.05) is 37.3 Å². The van der Waals surface area contributed by atoms with E-state index in [-0.39, 0.29) is 11.9 Å². The molecule has 1 atom stereocenters. The third-order valence-corrected chi connectivity index (χ3v) is 4.65. The van der Waals surface area contributed by atoms with E-state index in [9.17, 15) is 4.79 Å². The van der Waals surface area contributed by atoms with Gasteiger partial charge in [0.05, 0.1) is 16.4 Å². The van der Waals surface area contributed by atoms with Crippen LogP contribution in [0.1, 0.15) is 50.6 Å². The number of amides is 1. The molecule has 0 radical (unpaired) electrons. The maximum atomic E-state index is 12.7. The predicted octanol–water partition coefficient (Wildman–Crippen LogP) is 3.10. The van der Waals surface area contributed by atoms with Crippen molar-refractivity contribution in [1.82, 2.24) is 5.32 Å². The lowest BCUT2D eigenvalue weighted by molar-refractivity contribution is -0.129. The Kier molecular flexibility index (Phi) is 4.76. The standard InChI is InChI=1S/C16H22N2OS/c1-12(13-8-4-2-5-9-13)18-15(19)16(14(17)20)10-6-3-7-11-16/h2,4-5,8-9,12H,3,6-7,10-11H2,1H3,(H2,17,20)(H,18,19). The molecule has 20 heavy (non-hydrogen) atoms. The van der Waals surface area contributed by atoms with Crippen molar-refractivity contribution in [3.63, 3.8) is 0 Å². The number of nitrogens with two attached hydrogens (primary N) is 1. The largest absolute Gasteiger partial charge is 0.392 e. The first-order valence-corrected chi connectivity index (χ1v) is 7.63. The summed E-state index contributed by atoms with van der Waals surface area (Å²) < 4.78 is 0. The van der Waals surface area contributed by atoms with Gasteiger partial charge in [-0.05, 0) is 25.3 Å². The van der Waals surface area contributed by atoms with Crippen LogP contribution in [0, 0.1) is 5.41 Å². The molecule has 0 spiro atoms. The molecule has 0 saturated heterocycles. The summed E-state index contributed by atoms with van der Waals surface area (Å²) in [4.78, 5) is 13.0. The molecule has 0 aromatic heterocycles. The lowest BCUT2D eigenvalue weighted by Gasteiger charge is -2.35. The van der Waals surface area contributed by atoms with Gasteiger partial charge in [0.25, 0.3) is 0 Å². The van der Waals surface area contributed by atoms with Crippen LogP contribution in [0.4, 0.5) is 0 Å². The van der Waals surface area contributed by atoms with Crippen molar-refractivity contribution >= 4 is 23.1 Å². The van der Waals surface area contributed by atoms with E-state index in [0.717, 1.165) is 37.7 Å². The second-order valence-corrected chi connectivity index (χ2v) is 6.05. The Hall–Kier alpha value is -1.42. The molecule has 0 aliphatic heterocycles. The highest BCUT2D eigenvalue weighted by Gasteiger charge is 2.42. The van der Waals surface area contributed by atoms with Gasteiger partial charge >= 0.3 is 0 Å². The zero-order valence-electron chi connectivity index (χ0n) is 11.9. The second-order valence-electron chi connectivity index (χ2n) is 5.61. The Morgan fingerprint density at radius 2 is 1.85 bits per heavy atom. The smallest absolute Gasteiger partial charge is 0.233 e. The summed E-state index contributed by atoms with van der Waals surface area (Å²) in [5.74, 6) is -0.0129. The van der Waals surface area contributed by atoms with Crippen molar-refractivity contribution in [3.05, 3.63) is 35.9 Å². The van der Waals surface area contributed by atoms with Gasteiger partial charge in [-0.1, -0.05) is 61.8 Å². The van der Waals surface area contributed by atoms with Crippen molar-refractivity contribution < 1.29 is 4.79 Å². The molecular weight excluding hydrogens is 268 g/mol. The molecule has 1 unspecified atom stereocenters. The van der Waals surface area contributed by atoms with E-state index < -0.39 is 5.41 Å². The number of benzene rings is 1. The summed E-state index contributed by atoms with van der Waals surface area (Å²) >= 11 is 5.19. The van der Waals surface area contributed by atoms with Gasteiger partial charge in [-0.2, -0.15) is 0 Å². The van der Waals surface area contributed by atoms with Crippen LogP contribution in [0.5, 0.6) is 0 Å². The lowest BCUT2D eigenvalue weighted by atomic mass is 9.73. The van der Waals surface area contributed by atoms with E-state index in [1.165, 1.54) is 0 Å². The lowest BCUT2D eigenvalue weighted by Crippen LogP contribution is -2.50. The molecular formula is C16H22N2OS. The number of thiocarbonyl (C=S) groups is 1. The van der Waals surface area contributed by atoms with Gasteiger partial charge in [-0.3, -0.25) is 4.79 Å². The van der Waals surface area contributed by atoms with Crippen molar-refractivity contribution in [3.8, 4) is 0 Å². The van der Waals surface area contributed by atoms with E-state index >= 15 is 0 Å². The van der Waals surface area contributed by atoms with E-state index in [0.29, 0.717) is 4.99 Å². The Labute approximate surface area is 125 Å². The average Bonchev–Trinajstić information content (AvgIpc) is 2.48. The first-order valence-electron chi connectivity index (χ1n) is 7.22. The van der Waals surface area contributed by atoms with Crippen LogP contribution in [0.15, 0.2) is 30.3 Å². The molecule has 1 aliphatic carbocycles. The number of hydrogen-bond acceptors (Lipinski definition) is 2. The van der Waals surface area contributed by atoms with Gasteiger partial charge in [-0.15, -0.1) is 0 Å². The molecule has 1 aromatic rings. The highest BCUT2D eigenvalue weighted by molar-refractivity contribution is 7.80. The summed E-state index contributed by atoms with van der Waals surface area (Å²) in [6, 6.07) is 9.91. The first kappa shape index (κ1) is 15.0. The topological polar surface area (TPSA) is 55.1 Å². The first-order chi connectivity index (χ1) is 9.56. The summed E-state index contributed by atoms with van der Waals surface area (Å²) in [5.41, 5.74) is 6.34. The maximum Gasteiger partial charge on any atom is 0.233 e. The molecule has 0 heterocycles. The quantitative estimate of drug-likeness (QED) is 0.838. The highest BCUT2D eigenvalue weighted by atomic mass is 32.1. The minimum absolute atomic E-state index is 0.0129. The molecule has 1 amide bonds. The zero-order chi connectivity index (χ0) is 14.6. The van der Waals surface area contributed by atoms with Crippen LogP contribution in [0.25, 0.3) is 0 Å². The van der Waals surface area contributed by atoms with Crippen LogP contribution < -0.4 is 11.1 Å². The Bertz CT molecular complexity index is 481. The van der Waals surface area contributed by atoms with Crippen molar-refractivity contribution in [2.75, 3.05) is 0 Å². The fourth-order valence-electron chi connectivity index (χ4n) is 2.90. The van der Waals surface area contributed by atoms with Gasteiger partial charge in [0, 0.05) is 0 Å². The molecule has 1 aromatic carbocycles. The Morgan fingerprint density at radius 1 is 1.25 bits per heavy atom. The number of rotatable bonds is 4. The molecule has 1 aliphatic rings. The average molecular weight is 290 g/mol. The molecule has 1 saturated carbocycles. The summed E-state index contributed by atoms with van der Waals surface area (Å²) in [6.45, 7) is 1.99. The van der Waals surface area contributed by atoms with Crippen molar-refractivity contribution in [2.24, 2.45) is 11.1 Å². The Morgan fingerprint density at radius 3 is 2.40 bits per heavy atom. The molecule has 4 heteroatoms. The zero-order valence-corrected chi connectivity index (χ0v) is 12.7. The second kappa shape index (κ2) is 6.35. The van der Waals surface area contributed by atoms with Crippen LogP contribution in [0.3, 0.4) is 0 Å². The molecule has 2 rings (SSSR count). The van der Waals surface area contributed by atoms with Crippen LogP contribution in [0.2, 0.25) is 0 Å². The van der Waals surface area contributed by atoms with Gasteiger partial charge in [0.2, 0.25) is 5.91 Å². The van der Waals surface area contributed by atoms with E-state index in [1.54, 1.807) is 0 Å². The maximum absolute atomic E-state index is 12.7. The van der Waals surface area contributed by atoms with Gasteiger partial charge in [0.1, 0.15) is 0 Å². The van der Waals surface area contributed by atoms with E-state index in [4.69, 9.17) is 18.0 Å². The van der Waals surface area contributed by atoms with Gasteiger partial charge in [0.15, 0.2) is 0 Å². The minimum atomic E-state index is -0.642. The van der Waals surface area contributed by atoms with Gasteiger partial charge < -0.3 is 11.1 Å². The number of hydrogen-bond donors (Lipinski definition) is 2. The normalized spacial score (nSPS) is 19.1. The van der Waals surface area contributed by atoms with E-state index in [2.05, 4.69) is 5.32 Å². The fraction of sp³-hybridized carbons (Fsp3) is 0.500. The summed E-state index contributed by atoms with van der Waals surface area (Å²) in [7, 11) is 0. The monoisotopic (exact) mass is 290 g/mol. The molecule has 3 nitrogen and oxygen atoms in total. The highest BCUT2D eigenvalue weighted by Crippen LogP contribution is 2.37. The Balaban J connectivity index is 2.11. The van der Waals surface area contributed by atoms with Crippen LogP contribution >= 0.6 is 12.2 Å². The number of carbonyl (C=O) groups excluding carboxylic acids is 1. The SMILES string of the molecule is CC(NC(=O)C1(C(N)=S)CCCCC1)c1ccccc1. The van der Waals surface area contributed by atoms with Crippen LogP contribution in [-0.2, 0) is 4.79 Å². The predicted molar refractivity (Wildman–Crippen MR) is 85.3 cm³/mol. The summed E-state index contributed by atoms with van der Waals surface area (Å²) in [6.07, 6.45) is 4.74. The third kappa shape index (κ3) is 3.01. The van der Waals surface area contributed by atoms with Crippen LogP contribution in [-0.4, -0.2) is 10.9 Å². The van der Waals surface area contributed by atoms with Crippen molar-refractivity contribution in [1.29, 1.82) is 0 Å². The molecule has 1 fully saturated rings. The minimum Gasteiger partial charge on any atom is -0.392 e. The van der Waals surface area contributed by atoms with Crippen molar-refractivity contribution in [2.45, 2.75) is 45.1 Å². The fourth-order valence-corrected chi connectivity index (χ4v) is 3.20. The third-order valence-electron chi connectivity index (χ3n) is 4.26. The summed E-state index contributed by atoms with van der Waals surface area (Å²) in [5, 5.41) is 3.08.